The Kier molecular flexibility index (Phi) is 5.95. The van der Waals surface area contributed by atoms with Gasteiger partial charge in [0.15, 0.2) is 0 Å². The molecule has 3 aromatic carbocycles. The molecular formula is C26H23NO2S3. The molecule has 1 unspecified atom stereocenters. The molecule has 5 rings (SSSR count). The molecule has 0 radical (unpaired) electrons. The fourth-order valence-electron chi connectivity index (χ4n) is 3.92. The van der Waals surface area contributed by atoms with Gasteiger partial charge in [-0.2, -0.15) is 0 Å². The Labute approximate surface area is 197 Å². The predicted octanol–water partition coefficient (Wildman–Crippen LogP) is 6.35. The minimum Gasteiger partial charge on any atom is -0.249 e. The monoisotopic (exact) mass is 477 g/mol. The van der Waals surface area contributed by atoms with Crippen molar-refractivity contribution < 1.29 is 8.42 Å². The van der Waals surface area contributed by atoms with Crippen molar-refractivity contribution in [3.05, 3.63) is 112 Å². The molecule has 1 fully saturated rings. The van der Waals surface area contributed by atoms with Crippen molar-refractivity contribution in [3.63, 3.8) is 0 Å². The lowest BCUT2D eigenvalue weighted by Gasteiger charge is -2.10. The van der Waals surface area contributed by atoms with Crippen molar-refractivity contribution in [1.29, 1.82) is 0 Å². The Morgan fingerprint density at radius 2 is 1.34 bits per heavy atom. The van der Waals surface area contributed by atoms with Crippen molar-refractivity contribution in [1.82, 2.24) is 4.31 Å². The van der Waals surface area contributed by atoms with Crippen molar-refractivity contribution in [2.45, 2.75) is 40.6 Å². The summed E-state index contributed by atoms with van der Waals surface area (Å²) in [6.45, 7) is 4.05. The van der Waals surface area contributed by atoms with Crippen LogP contribution in [0.15, 0.2) is 105 Å². The van der Waals surface area contributed by atoms with Gasteiger partial charge in [-0.25, -0.2) is 12.7 Å². The van der Waals surface area contributed by atoms with Crippen LogP contribution >= 0.6 is 11.3 Å². The van der Waals surface area contributed by atoms with Gasteiger partial charge in [-0.15, -0.1) is 11.3 Å². The molecule has 1 aliphatic rings. The first kappa shape index (κ1) is 21.5. The molecule has 0 spiro atoms. The Hall–Kier alpha value is -2.38. The van der Waals surface area contributed by atoms with Crippen molar-refractivity contribution in [2.75, 3.05) is 0 Å². The molecule has 1 saturated heterocycles. The summed E-state index contributed by atoms with van der Waals surface area (Å²) in [6.07, 6.45) is 0. The molecule has 2 heterocycles. The maximum absolute atomic E-state index is 13.6. The number of hydrogen-bond acceptors (Lipinski definition) is 3. The molecule has 5 atom stereocenters. The highest BCUT2D eigenvalue weighted by Crippen LogP contribution is 2.58. The van der Waals surface area contributed by atoms with Crippen LogP contribution in [0.5, 0.6) is 0 Å². The highest BCUT2D eigenvalue weighted by Gasteiger charge is 2.55. The van der Waals surface area contributed by atoms with E-state index < -0.39 is 21.8 Å². The first-order chi connectivity index (χ1) is 15.5. The molecule has 4 aromatic rings. The van der Waals surface area contributed by atoms with Crippen LogP contribution in [-0.2, 0) is 21.8 Å². The largest absolute Gasteiger partial charge is 0.249 e. The molecular weight excluding hydrogens is 454 g/mol. The molecule has 3 nitrogen and oxygen atoms in total. The van der Waals surface area contributed by atoms with Gasteiger partial charge in [0.1, 0.15) is 11.0 Å². The van der Waals surface area contributed by atoms with E-state index >= 15 is 0 Å². The topological polar surface area (TPSA) is 37.1 Å². The first-order valence-electron chi connectivity index (χ1n) is 10.4. The number of aryl methyl sites for hydroxylation is 2. The van der Waals surface area contributed by atoms with Crippen LogP contribution in [0.2, 0.25) is 0 Å². The lowest BCUT2D eigenvalue weighted by atomic mass is 10.1. The Bertz CT molecular complexity index is 1280. The zero-order chi connectivity index (χ0) is 22.2. The minimum atomic E-state index is -1.31. The zero-order valence-corrected chi connectivity index (χ0v) is 20.3. The maximum Gasteiger partial charge on any atom is 0.128 e. The zero-order valence-electron chi connectivity index (χ0n) is 17.8. The fourth-order valence-corrected chi connectivity index (χ4v) is 7.51. The summed E-state index contributed by atoms with van der Waals surface area (Å²) in [6, 6.07) is 27.6. The molecule has 32 heavy (non-hydrogen) atoms. The minimum absolute atomic E-state index is 0.00769. The average molecular weight is 478 g/mol. The van der Waals surface area contributed by atoms with E-state index in [4.69, 9.17) is 0 Å². The van der Waals surface area contributed by atoms with Gasteiger partial charge in [0.25, 0.3) is 0 Å². The third-order valence-corrected chi connectivity index (χ3v) is 9.61. The maximum atomic E-state index is 13.6. The standard InChI is InChI=1S/C26H23NO2S3/c1-18-9-13-20(14-10-18)31(28)24-8-4-3-6-22(24)25-26(23-7-5-17-30-23)27(25)32(29)21-15-11-19(2)12-16-21/h3-17,25-26H,1-2H3/t25-,26-,27?,31-,32+/m0/s1. The van der Waals surface area contributed by atoms with Gasteiger partial charge in [-0.1, -0.05) is 59.7 Å². The number of benzene rings is 3. The lowest BCUT2D eigenvalue weighted by Crippen LogP contribution is -2.06. The molecule has 1 aromatic heterocycles. The van der Waals surface area contributed by atoms with E-state index in [1.807, 2.05) is 102 Å². The van der Waals surface area contributed by atoms with Crippen LogP contribution in [-0.4, -0.2) is 12.7 Å². The SMILES string of the molecule is Cc1ccc([S@](=O)c2ccccc2[C@H]2[C@H](c3cccs3)N2[S@](=O)c2ccc(C)cc2)cc1. The van der Waals surface area contributed by atoms with Crippen molar-refractivity contribution in [3.8, 4) is 0 Å². The molecule has 162 valence electrons. The van der Waals surface area contributed by atoms with Crippen LogP contribution in [0.4, 0.5) is 0 Å². The highest BCUT2D eigenvalue weighted by molar-refractivity contribution is 7.85. The Morgan fingerprint density at radius 3 is 1.97 bits per heavy atom. The summed E-state index contributed by atoms with van der Waals surface area (Å²) in [5.74, 6) is 0. The number of thiophene rings is 1. The highest BCUT2D eigenvalue weighted by atomic mass is 32.2. The summed E-state index contributed by atoms with van der Waals surface area (Å²) in [4.78, 5) is 3.53. The number of rotatable bonds is 6. The number of hydrogen-bond donors (Lipinski definition) is 0. The van der Waals surface area contributed by atoms with E-state index in [0.717, 1.165) is 31.4 Å². The molecule has 0 N–H and O–H groups in total. The molecule has 0 bridgehead atoms. The second kappa shape index (κ2) is 8.87. The smallest absolute Gasteiger partial charge is 0.128 e. The van der Waals surface area contributed by atoms with E-state index in [-0.39, 0.29) is 12.1 Å². The van der Waals surface area contributed by atoms with Gasteiger partial charge in [0.2, 0.25) is 0 Å². The van der Waals surface area contributed by atoms with Crippen molar-refractivity contribution in [2.24, 2.45) is 0 Å². The van der Waals surface area contributed by atoms with E-state index in [2.05, 4.69) is 6.07 Å². The van der Waals surface area contributed by atoms with E-state index in [1.54, 1.807) is 11.3 Å². The number of nitrogens with zero attached hydrogens (tertiary/aromatic N) is 1. The third-order valence-electron chi connectivity index (χ3n) is 5.68. The normalized spacial score (nSPS) is 21.8. The third kappa shape index (κ3) is 4.04. The summed E-state index contributed by atoms with van der Waals surface area (Å²) in [5, 5.41) is 2.05. The van der Waals surface area contributed by atoms with Crippen LogP contribution in [0.25, 0.3) is 0 Å². The second-order valence-corrected chi connectivity index (χ2v) is 11.8. The quantitative estimate of drug-likeness (QED) is 0.303. The summed E-state index contributed by atoms with van der Waals surface area (Å²) >= 11 is 1.67. The molecule has 0 amide bonds. The average Bonchev–Trinajstić information content (AvgIpc) is 3.31. The molecule has 1 aliphatic heterocycles. The second-order valence-electron chi connectivity index (χ2n) is 7.95. The van der Waals surface area contributed by atoms with Gasteiger partial charge in [-0.3, -0.25) is 0 Å². The summed E-state index contributed by atoms with van der Waals surface area (Å²) < 4.78 is 29.1. The summed E-state index contributed by atoms with van der Waals surface area (Å²) in [7, 11) is -2.61. The van der Waals surface area contributed by atoms with Gasteiger partial charge < -0.3 is 0 Å². The first-order valence-corrected chi connectivity index (χ1v) is 13.6. The van der Waals surface area contributed by atoms with Crippen molar-refractivity contribution >= 4 is 33.1 Å². The van der Waals surface area contributed by atoms with Gasteiger partial charge in [-0.05, 0) is 61.2 Å². The van der Waals surface area contributed by atoms with Gasteiger partial charge in [0.05, 0.1) is 27.8 Å². The Balaban J connectivity index is 1.54. The van der Waals surface area contributed by atoms with Gasteiger partial charge >= 0.3 is 0 Å². The van der Waals surface area contributed by atoms with E-state index in [9.17, 15) is 8.42 Å². The molecule has 0 saturated carbocycles. The molecule has 0 aliphatic carbocycles. The lowest BCUT2D eigenvalue weighted by molar-refractivity contribution is 0.638. The Morgan fingerprint density at radius 1 is 0.719 bits per heavy atom. The van der Waals surface area contributed by atoms with Crippen LogP contribution in [0.1, 0.15) is 33.7 Å². The summed E-state index contributed by atoms with van der Waals surface area (Å²) in [5.41, 5.74) is 3.26. The van der Waals surface area contributed by atoms with E-state index in [1.165, 1.54) is 4.88 Å². The van der Waals surface area contributed by atoms with Gasteiger partial charge in [0, 0.05) is 14.7 Å². The van der Waals surface area contributed by atoms with Crippen LogP contribution in [0.3, 0.4) is 0 Å². The van der Waals surface area contributed by atoms with Crippen LogP contribution in [0, 0.1) is 13.8 Å². The van der Waals surface area contributed by atoms with Crippen LogP contribution < -0.4 is 0 Å². The van der Waals surface area contributed by atoms with E-state index in [0.29, 0.717) is 0 Å². The fraction of sp³-hybridized carbons (Fsp3) is 0.154. The molecule has 6 heteroatoms. The predicted molar refractivity (Wildman–Crippen MR) is 132 cm³/mol.